The summed E-state index contributed by atoms with van der Waals surface area (Å²) >= 11 is 0. The molecular weight excluding hydrogens is 340 g/mol. The van der Waals surface area contributed by atoms with Gasteiger partial charge in [-0.3, -0.25) is 9.59 Å². The average molecular weight is 370 g/mol. The molecule has 2 amide bonds. The second-order valence-electron chi connectivity index (χ2n) is 8.48. The Labute approximate surface area is 154 Å². The normalized spacial score (nSPS) is 21.0. The van der Waals surface area contributed by atoms with Crippen molar-refractivity contribution in [2.45, 2.75) is 90.9 Å². The minimum absolute atomic E-state index is 0.121. The smallest absolute Gasteiger partial charge is 0.430 e. The number of Topliss-reactive ketones (excluding diaryl/α,β-unsaturated/α-hetero) is 2. The maximum atomic E-state index is 12.7. The van der Waals surface area contributed by atoms with Crippen LogP contribution in [0.1, 0.15) is 74.1 Å². The number of hydrogen-bond acceptors (Lipinski definition) is 6. The molecule has 0 unspecified atom stereocenters. The van der Waals surface area contributed by atoms with Gasteiger partial charge in [0.25, 0.3) is 0 Å². The van der Waals surface area contributed by atoms with Crippen molar-refractivity contribution in [3.05, 3.63) is 0 Å². The molecule has 1 rings (SSSR count). The highest BCUT2D eigenvalue weighted by Gasteiger charge is 2.53. The van der Waals surface area contributed by atoms with Crippen LogP contribution in [0.3, 0.4) is 0 Å². The lowest BCUT2D eigenvalue weighted by Gasteiger charge is -2.42. The highest BCUT2D eigenvalue weighted by Crippen LogP contribution is 2.32. The Morgan fingerprint density at radius 3 is 1.96 bits per heavy atom. The number of rotatable bonds is 2. The van der Waals surface area contributed by atoms with Gasteiger partial charge >= 0.3 is 12.2 Å². The maximum absolute atomic E-state index is 12.7. The molecule has 148 valence electrons. The minimum Gasteiger partial charge on any atom is -0.443 e. The molecule has 0 heterocycles. The predicted octanol–water partition coefficient (Wildman–Crippen LogP) is 3.13. The summed E-state index contributed by atoms with van der Waals surface area (Å²) in [7, 11) is 0. The van der Waals surface area contributed by atoms with E-state index in [0.29, 0.717) is 12.8 Å². The van der Waals surface area contributed by atoms with Gasteiger partial charge in [-0.25, -0.2) is 15.0 Å². The highest BCUT2D eigenvalue weighted by molar-refractivity contribution is 6.13. The van der Waals surface area contributed by atoms with Gasteiger partial charge in [0.1, 0.15) is 11.2 Å². The van der Waals surface area contributed by atoms with Crippen LogP contribution >= 0.6 is 0 Å². The molecule has 0 bridgehead atoms. The Balaban J connectivity index is 3.28. The molecule has 0 aliphatic heterocycles. The predicted molar refractivity (Wildman–Crippen MR) is 94.3 cm³/mol. The standard InChI is InChI=1S/C18H30N2O6/c1-12(21)18(11-9-8-10-13(18)22)20(15(24)26-17(5,6)7)19-14(23)25-16(2,3)4/h8-11H2,1-7H3,(H,19,23)/t18-/m0/s1. The summed E-state index contributed by atoms with van der Waals surface area (Å²) in [6.07, 6.45) is -0.454. The van der Waals surface area contributed by atoms with E-state index in [4.69, 9.17) is 9.47 Å². The molecule has 1 aliphatic carbocycles. The van der Waals surface area contributed by atoms with E-state index in [1.54, 1.807) is 41.5 Å². The van der Waals surface area contributed by atoms with Gasteiger partial charge < -0.3 is 9.47 Å². The SMILES string of the molecule is CC(=O)[C@@]1(N(NC(=O)OC(C)(C)C)C(=O)OC(C)(C)C)CCCCC1=O. The van der Waals surface area contributed by atoms with Crippen molar-refractivity contribution in [1.29, 1.82) is 0 Å². The largest absolute Gasteiger partial charge is 0.443 e. The van der Waals surface area contributed by atoms with Crippen LogP contribution < -0.4 is 5.43 Å². The van der Waals surface area contributed by atoms with E-state index in [1.807, 2.05) is 0 Å². The molecule has 8 nitrogen and oxygen atoms in total. The molecule has 1 atom stereocenters. The molecule has 0 spiro atoms. The van der Waals surface area contributed by atoms with Crippen molar-refractivity contribution < 1.29 is 28.7 Å². The molecule has 1 N–H and O–H groups in total. The van der Waals surface area contributed by atoms with Gasteiger partial charge in [-0.1, -0.05) is 0 Å². The molecule has 0 saturated heterocycles. The molecule has 1 aliphatic rings. The number of nitrogens with zero attached hydrogens (tertiary/aromatic N) is 1. The number of ether oxygens (including phenoxy) is 2. The van der Waals surface area contributed by atoms with Gasteiger partial charge in [0.15, 0.2) is 17.1 Å². The monoisotopic (exact) mass is 370 g/mol. The Bertz CT molecular complexity index is 587. The van der Waals surface area contributed by atoms with Gasteiger partial charge in [0, 0.05) is 6.42 Å². The van der Waals surface area contributed by atoms with Gasteiger partial charge in [-0.05, 0) is 67.7 Å². The first kappa shape index (κ1) is 21.9. The van der Waals surface area contributed by atoms with E-state index < -0.39 is 40.5 Å². The van der Waals surface area contributed by atoms with Gasteiger partial charge in [0.05, 0.1) is 0 Å². The molecule has 0 aromatic rings. The zero-order valence-corrected chi connectivity index (χ0v) is 16.7. The number of nitrogens with one attached hydrogen (secondary N) is 1. The van der Waals surface area contributed by atoms with Crippen molar-refractivity contribution in [2.75, 3.05) is 0 Å². The van der Waals surface area contributed by atoms with E-state index in [-0.39, 0.29) is 12.8 Å². The van der Waals surface area contributed by atoms with Crippen LogP contribution in [-0.4, -0.2) is 45.5 Å². The van der Waals surface area contributed by atoms with E-state index >= 15 is 0 Å². The first-order chi connectivity index (χ1) is 11.7. The number of amides is 2. The van der Waals surface area contributed by atoms with Crippen molar-refractivity contribution in [1.82, 2.24) is 10.4 Å². The minimum atomic E-state index is -1.78. The van der Waals surface area contributed by atoms with Crippen LogP contribution in [0.15, 0.2) is 0 Å². The fraction of sp³-hybridized carbons (Fsp3) is 0.778. The summed E-state index contributed by atoms with van der Waals surface area (Å²) in [5.74, 6) is -0.942. The van der Waals surface area contributed by atoms with Gasteiger partial charge in [0.2, 0.25) is 0 Å². The molecule has 26 heavy (non-hydrogen) atoms. The number of carbonyl (C=O) groups excluding carboxylic acids is 4. The van der Waals surface area contributed by atoms with E-state index in [1.165, 1.54) is 6.92 Å². The summed E-state index contributed by atoms with van der Waals surface area (Å²) in [4.78, 5) is 50.1. The van der Waals surface area contributed by atoms with Crippen LogP contribution in [0.4, 0.5) is 9.59 Å². The third-order valence-corrected chi connectivity index (χ3v) is 3.80. The summed E-state index contributed by atoms with van der Waals surface area (Å²) < 4.78 is 10.5. The van der Waals surface area contributed by atoms with Crippen LogP contribution in [-0.2, 0) is 19.1 Å². The first-order valence-corrected chi connectivity index (χ1v) is 8.76. The van der Waals surface area contributed by atoms with E-state index in [0.717, 1.165) is 5.01 Å². The molecule has 8 heteroatoms. The summed E-state index contributed by atoms with van der Waals surface area (Å²) in [5, 5.41) is 0.718. The van der Waals surface area contributed by atoms with Crippen molar-refractivity contribution in [3.8, 4) is 0 Å². The van der Waals surface area contributed by atoms with Gasteiger partial charge in [-0.15, -0.1) is 0 Å². The zero-order chi connectivity index (χ0) is 20.3. The fourth-order valence-corrected chi connectivity index (χ4v) is 2.78. The average Bonchev–Trinajstić information content (AvgIpc) is 2.41. The van der Waals surface area contributed by atoms with Crippen molar-refractivity contribution in [2.24, 2.45) is 0 Å². The maximum Gasteiger partial charge on any atom is 0.430 e. The summed E-state index contributed by atoms with van der Waals surface area (Å²) in [6.45, 7) is 11.2. The van der Waals surface area contributed by atoms with Crippen LogP contribution in [0.5, 0.6) is 0 Å². The number of hydrazine groups is 1. The zero-order valence-electron chi connectivity index (χ0n) is 16.7. The summed E-state index contributed by atoms with van der Waals surface area (Å²) in [5.41, 5.74) is -1.20. The molecule has 0 radical (unpaired) electrons. The van der Waals surface area contributed by atoms with E-state index in [2.05, 4.69) is 5.43 Å². The second kappa shape index (κ2) is 7.63. The number of hydrogen-bond donors (Lipinski definition) is 1. The Kier molecular flexibility index (Phi) is 6.44. The van der Waals surface area contributed by atoms with Crippen LogP contribution in [0, 0.1) is 0 Å². The van der Waals surface area contributed by atoms with Crippen molar-refractivity contribution in [3.63, 3.8) is 0 Å². The quantitative estimate of drug-likeness (QED) is 0.592. The lowest BCUT2D eigenvalue weighted by Crippen LogP contribution is -2.68. The lowest BCUT2D eigenvalue weighted by atomic mass is 9.77. The van der Waals surface area contributed by atoms with E-state index in [9.17, 15) is 19.2 Å². The molecular formula is C18H30N2O6. The Morgan fingerprint density at radius 1 is 1.00 bits per heavy atom. The lowest BCUT2D eigenvalue weighted by molar-refractivity contribution is -0.147. The second-order valence-corrected chi connectivity index (χ2v) is 8.48. The first-order valence-electron chi connectivity index (χ1n) is 8.76. The third kappa shape index (κ3) is 5.44. The van der Waals surface area contributed by atoms with Crippen LogP contribution in [0.25, 0.3) is 0 Å². The Morgan fingerprint density at radius 2 is 1.54 bits per heavy atom. The Hall–Kier alpha value is -2.12. The van der Waals surface area contributed by atoms with Crippen molar-refractivity contribution >= 4 is 23.8 Å². The third-order valence-electron chi connectivity index (χ3n) is 3.80. The fourth-order valence-electron chi connectivity index (χ4n) is 2.78. The molecule has 1 saturated carbocycles. The topological polar surface area (TPSA) is 102 Å². The highest BCUT2D eigenvalue weighted by atomic mass is 16.6. The van der Waals surface area contributed by atoms with Gasteiger partial charge in [-0.2, -0.15) is 5.01 Å². The number of carbonyl (C=O) groups is 4. The molecule has 0 aromatic heterocycles. The number of ketones is 2. The van der Waals surface area contributed by atoms with Crippen LogP contribution in [0.2, 0.25) is 0 Å². The summed E-state index contributed by atoms with van der Waals surface area (Å²) in [6, 6.07) is 0. The molecule has 1 fully saturated rings. The molecule has 0 aromatic carbocycles.